The van der Waals surface area contributed by atoms with Gasteiger partial charge in [-0.15, -0.1) is 0 Å². The van der Waals surface area contributed by atoms with Crippen LogP contribution in [0, 0.1) is 0 Å². The molecule has 1 spiro atoms. The van der Waals surface area contributed by atoms with Crippen molar-refractivity contribution in [2.75, 3.05) is 6.61 Å². The van der Waals surface area contributed by atoms with E-state index in [1.165, 1.54) is 0 Å². The average Bonchev–Trinajstić information content (AvgIpc) is 2.80. The van der Waals surface area contributed by atoms with E-state index in [0.717, 1.165) is 12.8 Å². The van der Waals surface area contributed by atoms with Crippen molar-refractivity contribution in [3.8, 4) is 0 Å². The summed E-state index contributed by atoms with van der Waals surface area (Å²) >= 11 is 0. The Morgan fingerprint density at radius 3 is 2.54 bits per heavy atom. The number of aliphatic hydroxyl groups is 2. The molecular formula is C8H11BO4. The minimum atomic E-state index is -0.947. The molecule has 4 nitrogen and oxygen atoms in total. The van der Waals surface area contributed by atoms with Gasteiger partial charge in [0.05, 0.1) is 6.61 Å². The summed E-state index contributed by atoms with van der Waals surface area (Å²) in [6.45, 7) is -0.224. The molecule has 0 aromatic rings. The van der Waals surface area contributed by atoms with Gasteiger partial charge >= 0.3 is 0 Å². The van der Waals surface area contributed by atoms with Crippen molar-refractivity contribution in [2.24, 2.45) is 0 Å². The summed E-state index contributed by atoms with van der Waals surface area (Å²) in [6.07, 6.45) is 0.437. The lowest BCUT2D eigenvalue weighted by Crippen LogP contribution is -2.53. The molecule has 13 heavy (non-hydrogen) atoms. The summed E-state index contributed by atoms with van der Waals surface area (Å²) in [6, 6.07) is -0.603. The zero-order valence-corrected chi connectivity index (χ0v) is 7.14. The first-order valence-corrected chi connectivity index (χ1v) is 4.55. The molecule has 1 saturated carbocycles. The number of hydrogen-bond donors (Lipinski definition) is 2. The second-order valence-electron chi connectivity index (χ2n) is 4.15. The summed E-state index contributed by atoms with van der Waals surface area (Å²) in [5, 5.41) is 19.1. The van der Waals surface area contributed by atoms with Crippen LogP contribution in [0.2, 0.25) is 0 Å². The summed E-state index contributed by atoms with van der Waals surface area (Å²) in [5.74, 6) is 0. The van der Waals surface area contributed by atoms with E-state index < -0.39 is 29.4 Å². The van der Waals surface area contributed by atoms with Gasteiger partial charge in [-0.3, -0.25) is 0 Å². The monoisotopic (exact) mass is 182 g/mol. The van der Waals surface area contributed by atoms with Crippen LogP contribution in [0.15, 0.2) is 0 Å². The van der Waals surface area contributed by atoms with Gasteiger partial charge in [0.2, 0.25) is 0 Å². The SMILES string of the molecule is [B][C@@H]1O[C@]2(CO)C(O)C1OC21CC1. The van der Waals surface area contributed by atoms with E-state index in [1.54, 1.807) is 0 Å². The quantitative estimate of drug-likeness (QED) is 0.486. The molecule has 2 N–H and O–H groups in total. The molecule has 0 amide bonds. The summed E-state index contributed by atoms with van der Waals surface area (Å²) in [7, 11) is 5.60. The van der Waals surface area contributed by atoms with Crippen LogP contribution in [-0.4, -0.2) is 54.1 Å². The maximum absolute atomic E-state index is 9.84. The minimum absolute atomic E-state index is 0.224. The van der Waals surface area contributed by atoms with Crippen molar-refractivity contribution in [1.29, 1.82) is 0 Å². The Labute approximate surface area is 77.2 Å². The first kappa shape index (κ1) is 8.23. The average molecular weight is 182 g/mol. The van der Waals surface area contributed by atoms with Crippen molar-refractivity contribution >= 4 is 7.85 Å². The second kappa shape index (κ2) is 2.11. The highest BCUT2D eigenvalue weighted by atomic mass is 16.7. The lowest BCUT2D eigenvalue weighted by atomic mass is 9.89. The normalized spacial score (nSPS) is 56.0. The van der Waals surface area contributed by atoms with Crippen molar-refractivity contribution in [2.45, 2.75) is 42.3 Å². The van der Waals surface area contributed by atoms with Gasteiger partial charge in [-0.05, 0) is 12.8 Å². The number of ether oxygens (including phenoxy) is 2. The summed E-state index contributed by atoms with van der Waals surface area (Å²) < 4.78 is 11.1. The van der Waals surface area contributed by atoms with Gasteiger partial charge in [-0.2, -0.15) is 0 Å². The lowest BCUT2D eigenvalue weighted by molar-refractivity contribution is -0.193. The van der Waals surface area contributed by atoms with Crippen molar-refractivity contribution in [3.63, 3.8) is 0 Å². The zero-order valence-electron chi connectivity index (χ0n) is 7.14. The molecule has 1 aliphatic carbocycles. The van der Waals surface area contributed by atoms with E-state index in [9.17, 15) is 10.2 Å². The van der Waals surface area contributed by atoms with Gasteiger partial charge in [0, 0.05) is 6.00 Å². The van der Waals surface area contributed by atoms with Crippen molar-refractivity contribution in [1.82, 2.24) is 0 Å². The van der Waals surface area contributed by atoms with Gasteiger partial charge in [-0.25, -0.2) is 0 Å². The van der Waals surface area contributed by atoms with Gasteiger partial charge in [0.25, 0.3) is 0 Å². The van der Waals surface area contributed by atoms with Crippen molar-refractivity contribution < 1.29 is 19.7 Å². The fourth-order valence-corrected chi connectivity index (χ4v) is 2.62. The van der Waals surface area contributed by atoms with Gasteiger partial charge in [0.15, 0.2) is 0 Å². The lowest BCUT2D eigenvalue weighted by Gasteiger charge is -2.35. The summed E-state index contributed by atoms with van der Waals surface area (Å²) in [5.41, 5.74) is -1.39. The van der Waals surface area contributed by atoms with Gasteiger partial charge in [0.1, 0.15) is 31.3 Å². The predicted octanol–water partition coefficient (Wildman–Crippen LogP) is -1.47. The molecular weight excluding hydrogens is 171 g/mol. The number of fused-ring (bicyclic) bond motifs is 3. The van der Waals surface area contributed by atoms with E-state index in [4.69, 9.17) is 17.3 Å². The standard InChI is InChI=1S/C8H11BO4/c9-6-4-5(11)8(3-10,13-6)7(12-4)1-2-7/h4-6,10-11H,1-3H2/t4?,5?,6-,8-/m1/s1. The zero-order chi connectivity index (χ0) is 9.27. The maximum atomic E-state index is 9.84. The van der Waals surface area contributed by atoms with Crippen molar-refractivity contribution in [3.05, 3.63) is 0 Å². The predicted molar refractivity (Wildman–Crippen MR) is 43.3 cm³/mol. The number of hydrogen-bond acceptors (Lipinski definition) is 4. The van der Waals surface area contributed by atoms with Crippen LogP contribution in [0.25, 0.3) is 0 Å². The van der Waals surface area contributed by atoms with Crippen LogP contribution in [0.3, 0.4) is 0 Å². The number of rotatable bonds is 1. The smallest absolute Gasteiger partial charge is 0.148 e. The van der Waals surface area contributed by atoms with Crippen LogP contribution in [0.1, 0.15) is 12.8 Å². The molecule has 0 aromatic heterocycles. The van der Waals surface area contributed by atoms with E-state index in [2.05, 4.69) is 0 Å². The van der Waals surface area contributed by atoms with E-state index in [0.29, 0.717) is 0 Å². The molecule has 2 aliphatic heterocycles. The van der Waals surface area contributed by atoms with E-state index in [1.807, 2.05) is 0 Å². The Bertz CT molecular complexity index is 255. The molecule has 5 heteroatoms. The molecule has 2 bridgehead atoms. The molecule has 2 saturated heterocycles. The molecule has 2 radical (unpaired) electrons. The number of aliphatic hydroxyl groups excluding tert-OH is 2. The fourth-order valence-electron chi connectivity index (χ4n) is 2.62. The Morgan fingerprint density at radius 1 is 1.38 bits per heavy atom. The van der Waals surface area contributed by atoms with E-state index >= 15 is 0 Å². The van der Waals surface area contributed by atoms with Crippen LogP contribution in [0.5, 0.6) is 0 Å². The van der Waals surface area contributed by atoms with E-state index in [-0.39, 0.29) is 6.61 Å². The largest absolute Gasteiger partial charge is 0.393 e. The Hall–Kier alpha value is -0.0951. The van der Waals surface area contributed by atoms with Gasteiger partial charge in [-0.1, -0.05) is 0 Å². The Kier molecular flexibility index (Phi) is 1.34. The van der Waals surface area contributed by atoms with Crippen LogP contribution >= 0.6 is 0 Å². The highest BCUT2D eigenvalue weighted by molar-refractivity contribution is 6.11. The van der Waals surface area contributed by atoms with Crippen LogP contribution in [0.4, 0.5) is 0 Å². The third-order valence-corrected chi connectivity index (χ3v) is 3.53. The highest BCUT2D eigenvalue weighted by Crippen LogP contribution is 2.61. The molecule has 4 atom stereocenters. The molecule has 0 aromatic carbocycles. The minimum Gasteiger partial charge on any atom is -0.393 e. The molecule has 3 fully saturated rings. The topological polar surface area (TPSA) is 58.9 Å². The van der Waals surface area contributed by atoms with Crippen LogP contribution < -0.4 is 0 Å². The third-order valence-electron chi connectivity index (χ3n) is 3.53. The third kappa shape index (κ3) is 0.698. The second-order valence-corrected chi connectivity index (χ2v) is 4.15. The van der Waals surface area contributed by atoms with Gasteiger partial charge < -0.3 is 19.7 Å². The molecule has 2 heterocycles. The summed E-state index contributed by atoms with van der Waals surface area (Å²) in [4.78, 5) is 0. The van der Waals surface area contributed by atoms with Crippen LogP contribution in [-0.2, 0) is 9.47 Å². The Balaban J connectivity index is 2.03. The Morgan fingerprint density at radius 2 is 2.08 bits per heavy atom. The maximum Gasteiger partial charge on any atom is 0.148 e. The fraction of sp³-hybridized carbons (Fsp3) is 1.00. The molecule has 2 unspecified atom stereocenters. The molecule has 70 valence electrons. The first-order chi connectivity index (χ1) is 6.15. The first-order valence-electron chi connectivity index (χ1n) is 4.55. The molecule has 3 aliphatic rings. The highest BCUT2D eigenvalue weighted by Gasteiger charge is 2.76. The molecule has 3 rings (SSSR count).